The molecule has 0 radical (unpaired) electrons. The van der Waals surface area contributed by atoms with Crippen LogP contribution in [0.5, 0.6) is 0 Å². The van der Waals surface area contributed by atoms with Crippen molar-refractivity contribution in [2.75, 3.05) is 18.5 Å². The maximum atomic E-state index is 11.9. The first-order valence-electron chi connectivity index (χ1n) is 4.87. The van der Waals surface area contributed by atoms with E-state index in [4.69, 9.17) is 0 Å². The van der Waals surface area contributed by atoms with Crippen LogP contribution in [0.15, 0.2) is 24.3 Å². The van der Waals surface area contributed by atoms with E-state index < -0.39 is 0 Å². The number of rotatable bonds is 2. The lowest BCUT2D eigenvalue weighted by Crippen LogP contribution is -2.32. The van der Waals surface area contributed by atoms with Crippen LogP contribution in [0.25, 0.3) is 0 Å². The van der Waals surface area contributed by atoms with Crippen molar-refractivity contribution in [2.45, 2.75) is 13.0 Å². The standard InChI is InChI=1S/C11H14N2O/c1-3-13-9-7-5-4-6-8(9)10(12-2)11(13)14/h4-7,10,12H,3H2,1-2H3. The van der Waals surface area contributed by atoms with Gasteiger partial charge < -0.3 is 10.2 Å². The van der Waals surface area contributed by atoms with Gasteiger partial charge in [0, 0.05) is 17.8 Å². The molecule has 1 aromatic carbocycles. The molecule has 1 aliphatic rings. The van der Waals surface area contributed by atoms with Crippen LogP contribution in [0.1, 0.15) is 18.5 Å². The molecule has 1 aliphatic heterocycles. The second kappa shape index (κ2) is 3.42. The Bertz CT molecular complexity index is 329. The van der Waals surface area contributed by atoms with Gasteiger partial charge in [0.05, 0.1) is 0 Å². The Hall–Kier alpha value is -1.35. The topological polar surface area (TPSA) is 32.3 Å². The molecular weight excluding hydrogens is 176 g/mol. The average molecular weight is 190 g/mol. The summed E-state index contributed by atoms with van der Waals surface area (Å²) in [6.45, 7) is 2.72. The minimum Gasteiger partial charge on any atom is -0.311 e. The Morgan fingerprint density at radius 2 is 2.14 bits per heavy atom. The van der Waals surface area contributed by atoms with E-state index >= 15 is 0 Å². The Morgan fingerprint density at radius 3 is 2.79 bits per heavy atom. The smallest absolute Gasteiger partial charge is 0.248 e. The van der Waals surface area contributed by atoms with E-state index in [1.54, 1.807) is 0 Å². The first-order chi connectivity index (χ1) is 6.79. The highest BCUT2D eigenvalue weighted by atomic mass is 16.2. The molecule has 0 fully saturated rings. The van der Waals surface area contributed by atoms with Gasteiger partial charge in [0.25, 0.3) is 0 Å². The molecule has 0 saturated carbocycles. The predicted molar refractivity (Wildman–Crippen MR) is 56.3 cm³/mol. The molecular formula is C11H14N2O. The molecule has 2 rings (SSSR count). The Labute approximate surface area is 83.7 Å². The van der Waals surface area contributed by atoms with Crippen LogP contribution < -0.4 is 10.2 Å². The van der Waals surface area contributed by atoms with Crippen LogP contribution in [0, 0.1) is 0 Å². The molecule has 0 aliphatic carbocycles. The molecule has 0 spiro atoms. The molecule has 0 saturated heterocycles. The van der Waals surface area contributed by atoms with E-state index in [9.17, 15) is 4.79 Å². The van der Waals surface area contributed by atoms with Crippen molar-refractivity contribution in [1.29, 1.82) is 0 Å². The minimum absolute atomic E-state index is 0.149. The van der Waals surface area contributed by atoms with Crippen molar-refractivity contribution in [3.8, 4) is 0 Å². The van der Waals surface area contributed by atoms with Crippen molar-refractivity contribution in [3.05, 3.63) is 29.8 Å². The zero-order valence-corrected chi connectivity index (χ0v) is 8.45. The summed E-state index contributed by atoms with van der Waals surface area (Å²) in [5, 5.41) is 3.04. The number of carbonyl (C=O) groups is 1. The molecule has 74 valence electrons. The maximum Gasteiger partial charge on any atom is 0.248 e. The summed E-state index contributed by atoms with van der Waals surface area (Å²) in [4.78, 5) is 13.7. The number of likely N-dealkylation sites (N-methyl/N-ethyl adjacent to an activating group) is 2. The summed E-state index contributed by atoms with van der Waals surface area (Å²) >= 11 is 0. The van der Waals surface area contributed by atoms with Crippen molar-refractivity contribution < 1.29 is 4.79 Å². The summed E-state index contributed by atoms with van der Waals surface area (Å²) in [6.07, 6.45) is 0. The van der Waals surface area contributed by atoms with Crippen molar-refractivity contribution in [2.24, 2.45) is 0 Å². The monoisotopic (exact) mass is 190 g/mol. The fourth-order valence-electron chi connectivity index (χ4n) is 1.99. The highest BCUT2D eigenvalue weighted by Crippen LogP contribution is 2.34. The van der Waals surface area contributed by atoms with E-state index in [2.05, 4.69) is 5.32 Å². The van der Waals surface area contributed by atoms with Crippen molar-refractivity contribution in [3.63, 3.8) is 0 Å². The zero-order chi connectivity index (χ0) is 10.1. The van der Waals surface area contributed by atoms with E-state index in [-0.39, 0.29) is 11.9 Å². The van der Waals surface area contributed by atoms with Crippen molar-refractivity contribution >= 4 is 11.6 Å². The molecule has 1 heterocycles. The van der Waals surface area contributed by atoms with Crippen molar-refractivity contribution in [1.82, 2.24) is 5.32 Å². The number of hydrogen-bond donors (Lipinski definition) is 1. The lowest BCUT2D eigenvalue weighted by Gasteiger charge is -2.14. The maximum absolute atomic E-state index is 11.9. The second-order valence-electron chi connectivity index (χ2n) is 3.36. The number of nitrogens with zero attached hydrogens (tertiary/aromatic N) is 1. The summed E-state index contributed by atoms with van der Waals surface area (Å²) in [5.41, 5.74) is 2.13. The fraction of sp³-hybridized carbons (Fsp3) is 0.364. The normalized spacial score (nSPS) is 20.0. The molecule has 0 aromatic heterocycles. The van der Waals surface area contributed by atoms with Gasteiger partial charge in [0.2, 0.25) is 5.91 Å². The van der Waals surface area contributed by atoms with E-state index in [0.29, 0.717) is 0 Å². The fourth-order valence-corrected chi connectivity index (χ4v) is 1.99. The summed E-state index contributed by atoms with van der Waals surface area (Å²) in [6, 6.07) is 7.77. The van der Waals surface area contributed by atoms with Gasteiger partial charge in [-0.3, -0.25) is 4.79 Å². The molecule has 0 bridgehead atoms. The van der Waals surface area contributed by atoms with Crippen LogP contribution in [0.4, 0.5) is 5.69 Å². The lowest BCUT2D eigenvalue weighted by molar-refractivity contribution is -0.119. The van der Waals surface area contributed by atoms with Gasteiger partial charge in [0.1, 0.15) is 6.04 Å². The van der Waals surface area contributed by atoms with Gasteiger partial charge >= 0.3 is 0 Å². The van der Waals surface area contributed by atoms with Gasteiger partial charge in [-0.25, -0.2) is 0 Å². The average Bonchev–Trinajstić information content (AvgIpc) is 2.49. The van der Waals surface area contributed by atoms with Gasteiger partial charge in [-0.1, -0.05) is 18.2 Å². The first-order valence-corrected chi connectivity index (χ1v) is 4.87. The molecule has 3 heteroatoms. The lowest BCUT2D eigenvalue weighted by atomic mass is 10.1. The highest BCUT2D eigenvalue weighted by Gasteiger charge is 2.34. The molecule has 14 heavy (non-hydrogen) atoms. The number of anilines is 1. The molecule has 1 unspecified atom stereocenters. The third kappa shape index (κ3) is 1.13. The first kappa shape index (κ1) is 9.21. The van der Waals surface area contributed by atoms with Gasteiger partial charge in [-0.2, -0.15) is 0 Å². The summed E-state index contributed by atoms with van der Waals surface area (Å²) in [5.74, 6) is 0.149. The predicted octanol–water partition coefficient (Wildman–Crippen LogP) is 1.31. The Morgan fingerprint density at radius 1 is 1.43 bits per heavy atom. The third-order valence-corrected chi connectivity index (χ3v) is 2.66. The van der Waals surface area contributed by atoms with Crippen LogP contribution >= 0.6 is 0 Å². The van der Waals surface area contributed by atoms with Crippen LogP contribution in [0.3, 0.4) is 0 Å². The summed E-state index contributed by atoms with van der Waals surface area (Å²) < 4.78 is 0. The molecule has 1 N–H and O–H groups in total. The number of nitrogens with one attached hydrogen (secondary N) is 1. The molecule has 3 nitrogen and oxygen atoms in total. The molecule has 1 atom stereocenters. The zero-order valence-electron chi connectivity index (χ0n) is 8.45. The Balaban J connectivity index is 2.50. The summed E-state index contributed by atoms with van der Waals surface area (Å²) in [7, 11) is 1.82. The molecule has 1 aromatic rings. The quantitative estimate of drug-likeness (QED) is 0.762. The minimum atomic E-state index is -0.161. The van der Waals surface area contributed by atoms with E-state index in [1.165, 1.54) is 0 Å². The van der Waals surface area contributed by atoms with Gasteiger partial charge in [-0.05, 0) is 20.0 Å². The highest BCUT2D eigenvalue weighted by molar-refractivity contribution is 6.04. The largest absolute Gasteiger partial charge is 0.311 e. The number of para-hydroxylation sites is 1. The number of amides is 1. The SMILES string of the molecule is CCN1C(=O)C(NC)c2ccccc21. The van der Waals surface area contributed by atoms with Crippen LogP contribution in [-0.2, 0) is 4.79 Å². The second-order valence-corrected chi connectivity index (χ2v) is 3.36. The van der Waals surface area contributed by atoms with E-state index in [1.807, 2.05) is 43.1 Å². The number of carbonyl (C=O) groups excluding carboxylic acids is 1. The van der Waals surface area contributed by atoms with E-state index in [0.717, 1.165) is 17.8 Å². The Kier molecular flexibility index (Phi) is 2.25. The number of hydrogen-bond acceptors (Lipinski definition) is 2. The number of fused-ring (bicyclic) bond motifs is 1. The molecule has 1 amide bonds. The van der Waals surface area contributed by atoms with Crippen LogP contribution in [0.2, 0.25) is 0 Å². The van der Waals surface area contributed by atoms with Crippen LogP contribution in [-0.4, -0.2) is 19.5 Å². The third-order valence-electron chi connectivity index (χ3n) is 2.66. The van der Waals surface area contributed by atoms with Gasteiger partial charge in [-0.15, -0.1) is 0 Å². The number of benzene rings is 1. The van der Waals surface area contributed by atoms with Gasteiger partial charge in [0.15, 0.2) is 0 Å².